The highest BCUT2D eigenvalue weighted by Crippen LogP contribution is 2.36. The SMILES string of the molecule is CC(CC(CC(ON(C(c1ccccc1)C(C)C)C(C)(C)C)C(=O)NCCO)C(=O)ON1C(=O)CCC1=O)c1ccccc1. The lowest BCUT2D eigenvalue weighted by molar-refractivity contribution is -0.271. The molecule has 4 atom stereocenters. The monoisotopic (exact) mass is 609 g/mol. The van der Waals surface area contributed by atoms with Crippen molar-refractivity contribution in [3.8, 4) is 0 Å². The molecule has 0 bridgehead atoms. The first kappa shape index (κ1) is 34.9. The van der Waals surface area contributed by atoms with Gasteiger partial charge in [-0.2, -0.15) is 5.06 Å². The van der Waals surface area contributed by atoms with E-state index in [4.69, 9.17) is 9.68 Å². The zero-order valence-corrected chi connectivity index (χ0v) is 26.7. The lowest BCUT2D eigenvalue weighted by Gasteiger charge is -2.44. The summed E-state index contributed by atoms with van der Waals surface area (Å²) in [7, 11) is 0. The van der Waals surface area contributed by atoms with Gasteiger partial charge < -0.3 is 15.3 Å². The summed E-state index contributed by atoms with van der Waals surface area (Å²) in [5.74, 6) is -3.38. The molecule has 2 aromatic rings. The Bertz CT molecular complexity index is 1230. The summed E-state index contributed by atoms with van der Waals surface area (Å²) in [6.45, 7) is 11.8. The largest absolute Gasteiger partial charge is 0.395 e. The van der Waals surface area contributed by atoms with Crippen LogP contribution in [0, 0.1) is 11.8 Å². The molecule has 44 heavy (non-hydrogen) atoms. The molecule has 1 saturated heterocycles. The molecule has 0 saturated carbocycles. The molecule has 1 aliphatic rings. The van der Waals surface area contributed by atoms with Crippen LogP contribution in [0.15, 0.2) is 60.7 Å². The van der Waals surface area contributed by atoms with Gasteiger partial charge in [0.1, 0.15) is 0 Å². The zero-order valence-electron chi connectivity index (χ0n) is 26.7. The van der Waals surface area contributed by atoms with Gasteiger partial charge in [0, 0.05) is 24.9 Å². The summed E-state index contributed by atoms with van der Waals surface area (Å²) < 4.78 is 0. The second-order valence-corrected chi connectivity index (χ2v) is 12.7. The predicted octanol–water partition coefficient (Wildman–Crippen LogP) is 4.70. The van der Waals surface area contributed by atoms with Crippen LogP contribution < -0.4 is 5.32 Å². The van der Waals surface area contributed by atoms with E-state index < -0.39 is 41.3 Å². The van der Waals surface area contributed by atoms with Gasteiger partial charge in [0.2, 0.25) is 0 Å². The van der Waals surface area contributed by atoms with Crippen molar-refractivity contribution in [1.29, 1.82) is 0 Å². The zero-order chi connectivity index (χ0) is 32.4. The van der Waals surface area contributed by atoms with Crippen molar-refractivity contribution in [3.63, 3.8) is 0 Å². The van der Waals surface area contributed by atoms with Crippen LogP contribution in [0.2, 0.25) is 0 Å². The third kappa shape index (κ3) is 9.45. The third-order valence-corrected chi connectivity index (χ3v) is 7.66. The molecule has 3 amide bonds. The first-order valence-corrected chi connectivity index (χ1v) is 15.4. The normalized spacial score (nSPS) is 16.6. The highest BCUT2D eigenvalue weighted by atomic mass is 16.7. The predicted molar refractivity (Wildman–Crippen MR) is 165 cm³/mol. The molecular formula is C34H47N3O7. The number of hydroxylamine groups is 4. The summed E-state index contributed by atoms with van der Waals surface area (Å²) in [5.41, 5.74) is 1.43. The van der Waals surface area contributed by atoms with Gasteiger partial charge in [-0.05, 0) is 56.6 Å². The fourth-order valence-electron chi connectivity index (χ4n) is 5.42. The maximum absolute atomic E-state index is 13.7. The smallest absolute Gasteiger partial charge is 0.336 e. The number of aliphatic hydroxyl groups excluding tert-OH is 1. The summed E-state index contributed by atoms with van der Waals surface area (Å²) in [6.07, 6.45) is -1.02. The number of carbonyl (C=O) groups excluding carboxylic acids is 4. The van der Waals surface area contributed by atoms with Gasteiger partial charge in [-0.3, -0.25) is 19.2 Å². The van der Waals surface area contributed by atoms with E-state index in [1.54, 1.807) is 0 Å². The van der Waals surface area contributed by atoms with Crippen molar-refractivity contribution >= 4 is 23.7 Å². The topological polar surface area (TPSA) is 125 Å². The number of carbonyl (C=O) groups is 4. The molecule has 0 aromatic heterocycles. The maximum atomic E-state index is 13.7. The number of nitrogens with one attached hydrogen (secondary N) is 1. The summed E-state index contributed by atoms with van der Waals surface area (Å²) in [5, 5.41) is 14.5. The van der Waals surface area contributed by atoms with Crippen LogP contribution in [0.5, 0.6) is 0 Å². The first-order chi connectivity index (χ1) is 20.8. The Morgan fingerprint density at radius 1 is 0.909 bits per heavy atom. The van der Waals surface area contributed by atoms with Gasteiger partial charge in [0.05, 0.1) is 18.6 Å². The Morgan fingerprint density at radius 2 is 1.45 bits per heavy atom. The number of hydrogen-bond donors (Lipinski definition) is 2. The van der Waals surface area contributed by atoms with E-state index in [9.17, 15) is 24.3 Å². The summed E-state index contributed by atoms with van der Waals surface area (Å²) in [4.78, 5) is 63.8. The molecule has 10 nitrogen and oxygen atoms in total. The molecule has 2 N–H and O–H groups in total. The molecule has 10 heteroatoms. The van der Waals surface area contributed by atoms with Crippen molar-refractivity contribution in [2.75, 3.05) is 13.2 Å². The van der Waals surface area contributed by atoms with E-state index in [0.717, 1.165) is 11.1 Å². The Labute approximate surface area is 260 Å². The molecule has 0 aliphatic carbocycles. The minimum atomic E-state index is -1.16. The van der Waals surface area contributed by atoms with E-state index in [1.807, 2.05) is 93.4 Å². The quantitative estimate of drug-likeness (QED) is 0.220. The van der Waals surface area contributed by atoms with Crippen LogP contribution in [0.1, 0.15) is 90.3 Å². The van der Waals surface area contributed by atoms with Crippen LogP contribution in [-0.2, 0) is 28.9 Å². The Morgan fingerprint density at radius 3 is 1.95 bits per heavy atom. The average molecular weight is 610 g/mol. The van der Waals surface area contributed by atoms with Gasteiger partial charge in [-0.25, -0.2) is 4.79 Å². The second kappa shape index (κ2) is 15.9. The lowest BCUT2D eigenvalue weighted by Crippen LogP contribution is -2.51. The number of hydrogen-bond acceptors (Lipinski definition) is 8. The van der Waals surface area contributed by atoms with E-state index in [2.05, 4.69) is 19.2 Å². The van der Waals surface area contributed by atoms with Crippen LogP contribution in [0.4, 0.5) is 0 Å². The second-order valence-electron chi connectivity index (χ2n) is 12.7. The maximum Gasteiger partial charge on any atom is 0.336 e. The summed E-state index contributed by atoms with van der Waals surface area (Å²) >= 11 is 0. The Balaban J connectivity index is 1.99. The Kier molecular flexibility index (Phi) is 12.6. The molecule has 4 unspecified atom stereocenters. The van der Waals surface area contributed by atoms with Crippen molar-refractivity contribution in [1.82, 2.24) is 15.4 Å². The van der Waals surface area contributed by atoms with Gasteiger partial charge in [0.25, 0.3) is 17.7 Å². The fourth-order valence-corrected chi connectivity index (χ4v) is 5.42. The van der Waals surface area contributed by atoms with Crippen molar-refractivity contribution in [2.24, 2.45) is 11.8 Å². The fraction of sp³-hybridized carbons (Fsp3) is 0.529. The molecule has 0 radical (unpaired) electrons. The lowest BCUT2D eigenvalue weighted by atomic mass is 9.87. The van der Waals surface area contributed by atoms with Crippen molar-refractivity contribution in [2.45, 2.75) is 90.8 Å². The van der Waals surface area contributed by atoms with Gasteiger partial charge >= 0.3 is 5.97 Å². The van der Waals surface area contributed by atoms with Crippen molar-refractivity contribution in [3.05, 3.63) is 71.8 Å². The van der Waals surface area contributed by atoms with Crippen LogP contribution in [0.3, 0.4) is 0 Å². The van der Waals surface area contributed by atoms with E-state index in [0.29, 0.717) is 5.06 Å². The molecule has 0 spiro atoms. The third-order valence-electron chi connectivity index (χ3n) is 7.66. The number of benzene rings is 2. The molecule has 1 heterocycles. The first-order valence-electron chi connectivity index (χ1n) is 15.4. The van der Waals surface area contributed by atoms with Gasteiger partial charge in [0.15, 0.2) is 6.10 Å². The number of rotatable bonds is 15. The molecule has 2 aromatic carbocycles. The van der Waals surface area contributed by atoms with Gasteiger partial charge in [-0.1, -0.05) is 81.4 Å². The van der Waals surface area contributed by atoms with Crippen LogP contribution in [0.25, 0.3) is 0 Å². The number of aliphatic hydroxyl groups is 1. The molecule has 1 fully saturated rings. The number of nitrogens with zero attached hydrogens (tertiary/aromatic N) is 2. The van der Waals surface area contributed by atoms with Crippen LogP contribution in [-0.4, -0.2) is 63.7 Å². The van der Waals surface area contributed by atoms with E-state index >= 15 is 0 Å². The van der Waals surface area contributed by atoms with Crippen LogP contribution >= 0.6 is 0 Å². The van der Waals surface area contributed by atoms with Gasteiger partial charge in [-0.15, -0.1) is 5.06 Å². The number of amides is 3. The standard InChI is InChI=1S/C34H47N3O7/c1-23(2)31(26-15-11-8-12-16-26)37(34(4,5)6)43-28(32(41)35-19-20-38)22-27(21-24(3)25-13-9-7-10-14-25)33(42)44-36-29(39)17-18-30(36)40/h7-16,23-24,27-28,31,38H,17-22H2,1-6H3,(H,35,41). The molecular weight excluding hydrogens is 562 g/mol. The molecule has 3 rings (SSSR count). The average Bonchev–Trinajstić information content (AvgIpc) is 3.30. The Hall–Kier alpha value is -3.60. The minimum absolute atomic E-state index is 0.00676. The van der Waals surface area contributed by atoms with E-state index in [1.165, 1.54) is 0 Å². The van der Waals surface area contributed by atoms with Crippen molar-refractivity contribution < 1.29 is 34.0 Å². The number of imide groups is 1. The van der Waals surface area contributed by atoms with E-state index in [-0.39, 0.29) is 56.7 Å². The highest BCUT2D eigenvalue weighted by Gasteiger charge is 2.41. The highest BCUT2D eigenvalue weighted by molar-refractivity contribution is 6.01. The summed E-state index contributed by atoms with van der Waals surface area (Å²) in [6, 6.07) is 19.3. The minimum Gasteiger partial charge on any atom is -0.395 e. The molecule has 1 aliphatic heterocycles. The molecule has 240 valence electrons.